The first-order chi connectivity index (χ1) is 10.1. The fourth-order valence-corrected chi connectivity index (χ4v) is 1.87. The summed E-state index contributed by atoms with van der Waals surface area (Å²) in [5, 5.41) is 8.68. The van der Waals surface area contributed by atoms with Crippen LogP contribution in [0.3, 0.4) is 0 Å². The van der Waals surface area contributed by atoms with Crippen molar-refractivity contribution in [3.8, 4) is 11.8 Å². The zero-order valence-electron chi connectivity index (χ0n) is 11.5. The predicted octanol–water partition coefficient (Wildman–Crippen LogP) is 2.45. The molecule has 1 amide bonds. The van der Waals surface area contributed by atoms with Gasteiger partial charge in [-0.2, -0.15) is 0 Å². The lowest BCUT2D eigenvalue weighted by molar-refractivity contribution is 0.0993. The normalized spacial score (nSPS) is 9.67. The Hall–Kier alpha value is -2.64. The van der Waals surface area contributed by atoms with Gasteiger partial charge in [0.1, 0.15) is 12.4 Å². The number of hydrogen-bond acceptors (Lipinski definition) is 2. The first kappa shape index (κ1) is 14.8. The van der Waals surface area contributed by atoms with Crippen LogP contribution in [0.4, 0.5) is 10.1 Å². The van der Waals surface area contributed by atoms with E-state index in [0.29, 0.717) is 16.8 Å². The molecule has 0 bridgehead atoms. The average molecular weight is 283 g/mol. The van der Waals surface area contributed by atoms with Crippen molar-refractivity contribution in [2.24, 2.45) is 0 Å². The van der Waals surface area contributed by atoms with Gasteiger partial charge in [-0.05, 0) is 36.4 Å². The van der Waals surface area contributed by atoms with E-state index in [1.165, 1.54) is 17.0 Å². The third-order valence-corrected chi connectivity index (χ3v) is 2.92. The molecule has 0 radical (unpaired) electrons. The van der Waals surface area contributed by atoms with Crippen molar-refractivity contribution in [3.63, 3.8) is 0 Å². The molecule has 2 aromatic rings. The number of anilines is 1. The molecule has 21 heavy (non-hydrogen) atoms. The van der Waals surface area contributed by atoms with Crippen LogP contribution in [0.2, 0.25) is 0 Å². The zero-order chi connectivity index (χ0) is 15.2. The molecule has 0 aliphatic carbocycles. The second-order valence-electron chi connectivity index (χ2n) is 4.38. The van der Waals surface area contributed by atoms with Crippen molar-refractivity contribution >= 4 is 11.6 Å². The van der Waals surface area contributed by atoms with Crippen LogP contribution in [-0.4, -0.2) is 24.7 Å². The summed E-state index contributed by atoms with van der Waals surface area (Å²) in [6.45, 7) is -0.235. The molecule has 0 aliphatic rings. The maximum Gasteiger partial charge on any atom is 0.258 e. The summed E-state index contributed by atoms with van der Waals surface area (Å²) in [7, 11) is 1.59. The zero-order valence-corrected chi connectivity index (χ0v) is 11.5. The molecule has 0 heterocycles. The Kier molecular flexibility index (Phi) is 4.70. The molecule has 0 aliphatic heterocycles. The monoisotopic (exact) mass is 283 g/mol. The Morgan fingerprint density at radius 3 is 2.71 bits per heavy atom. The van der Waals surface area contributed by atoms with E-state index in [1.54, 1.807) is 43.4 Å². The van der Waals surface area contributed by atoms with Crippen molar-refractivity contribution in [3.05, 3.63) is 65.5 Å². The minimum atomic E-state index is -0.394. The summed E-state index contributed by atoms with van der Waals surface area (Å²) in [5.74, 6) is 4.63. The number of halogens is 1. The lowest BCUT2D eigenvalue weighted by Crippen LogP contribution is -2.26. The predicted molar refractivity (Wildman–Crippen MR) is 79.5 cm³/mol. The van der Waals surface area contributed by atoms with Crippen LogP contribution >= 0.6 is 0 Å². The summed E-state index contributed by atoms with van der Waals surface area (Å²) < 4.78 is 13.2. The second-order valence-corrected chi connectivity index (χ2v) is 4.38. The standard InChI is InChI=1S/C17H14FNO2/c1-19(16-9-3-8-15(18)12-16)17(21)14-7-2-5-13(11-14)6-4-10-20/h2-3,5,7-9,11-12,20H,10H2,1H3. The van der Waals surface area contributed by atoms with Crippen LogP contribution in [0.15, 0.2) is 48.5 Å². The molecule has 4 heteroatoms. The molecule has 0 atom stereocenters. The number of aliphatic hydroxyl groups is 1. The summed E-state index contributed by atoms with van der Waals surface area (Å²) in [6, 6.07) is 12.6. The van der Waals surface area contributed by atoms with E-state index in [2.05, 4.69) is 11.8 Å². The Morgan fingerprint density at radius 1 is 1.24 bits per heavy atom. The van der Waals surface area contributed by atoms with Crippen molar-refractivity contribution in [2.75, 3.05) is 18.6 Å². The van der Waals surface area contributed by atoms with Gasteiger partial charge in [-0.1, -0.05) is 24.0 Å². The fourth-order valence-electron chi connectivity index (χ4n) is 1.87. The molecule has 0 aromatic heterocycles. The fraction of sp³-hybridized carbons (Fsp3) is 0.118. The van der Waals surface area contributed by atoms with Crippen molar-refractivity contribution in [2.45, 2.75) is 0 Å². The number of carbonyl (C=O) groups excluding carboxylic acids is 1. The van der Waals surface area contributed by atoms with Gasteiger partial charge in [0.2, 0.25) is 0 Å². The summed E-state index contributed by atoms with van der Waals surface area (Å²) >= 11 is 0. The number of aliphatic hydroxyl groups excluding tert-OH is 1. The van der Waals surface area contributed by atoms with Crippen LogP contribution in [0.25, 0.3) is 0 Å². The van der Waals surface area contributed by atoms with Gasteiger partial charge in [-0.25, -0.2) is 4.39 Å². The molecule has 1 N–H and O–H groups in total. The van der Waals surface area contributed by atoms with Gasteiger partial charge in [0, 0.05) is 23.9 Å². The molecule has 0 saturated carbocycles. The topological polar surface area (TPSA) is 40.5 Å². The Bertz CT molecular complexity index is 716. The first-order valence-electron chi connectivity index (χ1n) is 6.35. The van der Waals surface area contributed by atoms with Gasteiger partial charge < -0.3 is 10.0 Å². The van der Waals surface area contributed by atoms with E-state index >= 15 is 0 Å². The molecular weight excluding hydrogens is 269 g/mol. The van der Waals surface area contributed by atoms with Gasteiger partial charge in [0.05, 0.1) is 0 Å². The molecule has 3 nitrogen and oxygen atoms in total. The van der Waals surface area contributed by atoms with Crippen molar-refractivity contribution in [1.82, 2.24) is 0 Å². The minimum absolute atomic E-state index is 0.235. The third-order valence-electron chi connectivity index (χ3n) is 2.92. The largest absolute Gasteiger partial charge is 0.384 e. The van der Waals surface area contributed by atoms with Gasteiger partial charge in [-0.3, -0.25) is 4.79 Å². The van der Waals surface area contributed by atoms with Crippen LogP contribution in [0.1, 0.15) is 15.9 Å². The number of nitrogens with zero attached hydrogens (tertiary/aromatic N) is 1. The maximum absolute atomic E-state index is 13.2. The smallest absolute Gasteiger partial charge is 0.258 e. The molecule has 106 valence electrons. The molecule has 2 aromatic carbocycles. The number of benzene rings is 2. The Labute approximate surface area is 122 Å². The summed E-state index contributed by atoms with van der Waals surface area (Å²) in [5.41, 5.74) is 1.57. The van der Waals surface area contributed by atoms with Gasteiger partial charge in [0.25, 0.3) is 5.91 Å². The van der Waals surface area contributed by atoms with E-state index < -0.39 is 5.82 Å². The molecule has 0 saturated heterocycles. The number of amides is 1. The molecule has 0 unspecified atom stereocenters. The number of hydrogen-bond donors (Lipinski definition) is 1. The van der Waals surface area contributed by atoms with E-state index in [4.69, 9.17) is 5.11 Å². The van der Waals surface area contributed by atoms with Gasteiger partial charge in [-0.15, -0.1) is 0 Å². The van der Waals surface area contributed by atoms with Gasteiger partial charge >= 0.3 is 0 Å². The van der Waals surface area contributed by atoms with Crippen molar-refractivity contribution in [1.29, 1.82) is 0 Å². The highest BCUT2D eigenvalue weighted by molar-refractivity contribution is 6.05. The van der Waals surface area contributed by atoms with Crippen LogP contribution in [0.5, 0.6) is 0 Å². The number of rotatable bonds is 2. The SMILES string of the molecule is CN(C(=O)c1cccc(C#CCO)c1)c1cccc(F)c1. The molecule has 0 fully saturated rings. The Morgan fingerprint density at radius 2 is 2.00 bits per heavy atom. The van der Waals surface area contributed by atoms with Crippen LogP contribution < -0.4 is 4.90 Å². The summed E-state index contributed by atoms with van der Waals surface area (Å²) in [4.78, 5) is 13.8. The average Bonchev–Trinajstić information content (AvgIpc) is 2.51. The van der Waals surface area contributed by atoms with E-state index in [9.17, 15) is 9.18 Å². The van der Waals surface area contributed by atoms with E-state index in [0.717, 1.165) is 0 Å². The molecule has 2 rings (SSSR count). The van der Waals surface area contributed by atoms with Gasteiger partial charge in [0.15, 0.2) is 0 Å². The minimum Gasteiger partial charge on any atom is -0.384 e. The summed E-state index contributed by atoms with van der Waals surface area (Å²) in [6.07, 6.45) is 0. The number of carbonyl (C=O) groups is 1. The first-order valence-corrected chi connectivity index (χ1v) is 6.35. The van der Waals surface area contributed by atoms with Crippen molar-refractivity contribution < 1.29 is 14.3 Å². The highest BCUT2D eigenvalue weighted by Crippen LogP contribution is 2.17. The van der Waals surface area contributed by atoms with E-state index in [-0.39, 0.29) is 12.5 Å². The highest BCUT2D eigenvalue weighted by Gasteiger charge is 2.14. The lowest BCUT2D eigenvalue weighted by atomic mass is 10.1. The third kappa shape index (κ3) is 3.68. The van der Waals surface area contributed by atoms with E-state index in [1.807, 2.05) is 0 Å². The lowest BCUT2D eigenvalue weighted by Gasteiger charge is -2.17. The maximum atomic E-state index is 13.2. The second kappa shape index (κ2) is 6.69. The molecule has 0 spiro atoms. The quantitative estimate of drug-likeness (QED) is 0.860. The van der Waals surface area contributed by atoms with Crippen LogP contribution in [0, 0.1) is 17.7 Å². The molecular formula is C17H14FNO2. The Balaban J connectivity index is 2.27. The highest BCUT2D eigenvalue weighted by atomic mass is 19.1. The van der Waals surface area contributed by atoms with Crippen LogP contribution in [-0.2, 0) is 0 Å².